The Labute approximate surface area is 88.6 Å². The molecule has 1 spiro atoms. The first-order valence-corrected chi connectivity index (χ1v) is 5.62. The second-order valence-corrected chi connectivity index (χ2v) is 5.65. The van der Waals surface area contributed by atoms with E-state index in [1.165, 1.54) is 0 Å². The van der Waals surface area contributed by atoms with E-state index in [4.69, 9.17) is 4.74 Å². The fraction of sp³-hybridized carbons (Fsp3) is 1.00. The Morgan fingerprint density at radius 1 is 1.43 bits per heavy atom. The van der Waals surface area contributed by atoms with Gasteiger partial charge in [-0.2, -0.15) is 12.6 Å². The lowest BCUT2D eigenvalue weighted by Crippen LogP contribution is -2.52. The van der Waals surface area contributed by atoms with Crippen molar-refractivity contribution in [1.29, 1.82) is 0 Å². The van der Waals surface area contributed by atoms with Gasteiger partial charge in [0.1, 0.15) is 0 Å². The van der Waals surface area contributed by atoms with Gasteiger partial charge in [0.25, 0.3) is 0 Å². The van der Waals surface area contributed by atoms with Crippen molar-refractivity contribution in [3.05, 3.63) is 0 Å². The molecule has 4 heteroatoms. The van der Waals surface area contributed by atoms with E-state index in [-0.39, 0.29) is 29.6 Å². The molecule has 2 aliphatic rings. The first kappa shape index (κ1) is 10.7. The molecule has 1 unspecified atom stereocenters. The minimum Gasteiger partial charge on any atom is -0.377 e. The van der Waals surface area contributed by atoms with Crippen molar-refractivity contribution >= 4 is 12.6 Å². The first-order valence-electron chi connectivity index (χ1n) is 5.10. The minimum atomic E-state index is -2.43. The smallest absolute Gasteiger partial charge is 0.249 e. The van der Waals surface area contributed by atoms with Gasteiger partial charge >= 0.3 is 0 Å². The third-order valence-corrected chi connectivity index (χ3v) is 3.70. The molecule has 0 aromatic heterocycles. The predicted octanol–water partition coefficient (Wildman–Crippen LogP) is 2.90. The largest absolute Gasteiger partial charge is 0.377 e. The molecule has 14 heavy (non-hydrogen) atoms. The molecule has 0 aromatic carbocycles. The van der Waals surface area contributed by atoms with Crippen LogP contribution >= 0.6 is 12.6 Å². The fourth-order valence-corrected chi connectivity index (χ4v) is 2.83. The summed E-state index contributed by atoms with van der Waals surface area (Å²) in [6.07, 6.45) is 1.94. The minimum absolute atomic E-state index is 0.0215. The standard InChI is InChI=1S/C10H16F2OS/c1-7(14)8-2-3-9(6-13-8)4-10(11,12)5-9/h7-8,14H,2-6H2,1H3/t7?,8-/m0/s1. The van der Waals surface area contributed by atoms with Gasteiger partial charge in [-0.15, -0.1) is 0 Å². The van der Waals surface area contributed by atoms with Crippen LogP contribution in [0.5, 0.6) is 0 Å². The van der Waals surface area contributed by atoms with E-state index in [1.807, 2.05) is 6.92 Å². The molecule has 0 radical (unpaired) electrons. The zero-order valence-corrected chi connectivity index (χ0v) is 9.20. The highest BCUT2D eigenvalue weighted by Crippen LogP contribution is 2.56. The number of hydrogen-bond donors (Lipinski definition) is 1. The summed E-state index contributed by atoms with van der Waals surface area (Å²) < 4.78 is 31.1. The van der Waals surface area contributed by atoms with Gasteiger partial charge in [-0.25, -0.2) is 8.78 Å². The molecule has 1 aliphatic carbocycles. The van der Waals surface area contributed by atoms with Crippen LogP contribution in [0.3, 0.4) is 0 Å². The monoisotopic (exact) mass is 222 g/mol. The van der Waals surface area contributed by atoms with Crippen molar-refractivity contribution in [1.82, 2.24) is 0 Å². The molecule has 2 atom stereocenters. The van der Waals surface area contributed by atoms with Gasteiger partial charge in [-0.3, -0.25) is 0 Å². The van der Waals surface area contributed by atoms with Gasteiger partial charge in [0.15, 0.2) is 0 Å². The van der Waals surface area contributed by atoms with Crippen molar-refractivity contribution < 1.29 is 13.5 Å². The van der Waals surface area contributed by atoms with Gasteiger partial charge in [0, 0.05) is 23.5 Å². The second kappa shape index (κ2) is 3.34. The Morgan fingerprint density at radius 3 is 2.43 bits per heavy atom. The zero-order chi connectivity index (χ0) is 10.4. The van der Waals surface area contributed by atoms with Crippen molar-refractivity contribution in [2.45, 2.75) is 49.9 Å². The van der Waals surface area contributed by atoms with Crippen LogP contribution < -0.4 is 0 Å². The number of halogens is 2. The van der Waals surface area contributed by atoms with Crippen molar-refractivity contribution in [2.24, 2.45) is 5.41 Å². The van der Waals surface area contributed by atoms with E-state index in [1.54, 1.807) is 0 Å². The third-order valence-electron chi connectivity index (χ3n) is 3.37. The Balaban J connectivity index is 1.86. The molecule has 2 fully saturated rings. The fourth-order valence-electron chi connectivity index (χ4n) is 2.59. The molecule has 1 saturated carbocycles. The molecule has 1 heterocycles. The number of thiol groups is 1. The van der Waals surface area contributed by atoms with Crippen LogP contribution in [0.15, 0.2) is 0 Å². The van der Waals surface area contributed by atoms with Gasteiger partial charge in [0.05, 0.1) is 12.7 Å². The molecule has 1 saturated heterocycles. The highest BCUT2D eigenvalue weighted by molar-refractivity contribution is 7.81. The predicted molar refractivity (Wildman–Crippen MR) is 54.0 cm³/mol. The summed E-state index contributed by atoms with van der Waals surface area (Å²) in [5.41, 5.74) is -0.206. The quantitative estimate of drug-likeness (QED) is 0.671. The van der Waals surface area contributed by atoms with Gasteiger partial charge < -0.3 is 4.74 Å². The Hall–Kier alpha value is 0.170. The number of hydrogen-bond acceptors (Lipinski definition) is 2. The molecule has 82 valence electrons. The highest BCUT2D eigenvalue weighted by atomic mass is 32.1. The van der Waals surface area contributed by atoms with E-state index in [2.05, 4.69) is 12.6 Å². The van der Waals surface area contributed by atoms with Crippen LogP contribution in [0.4, 0.5) is 8.78 Å². The molecule has 1 aliphatic heterocycles. The molecular formula is C10H16F2OS. The maximum absolute atomic E-state index is 12.8. The topological polar surface area (TPSA) is 9.23 Å². The summed E-state index contributed by atoms with van der Waals surface area (Å²) >= 11 is 4.31. The summed E-state index contributed by atoms with van der Waals surface area (Å²) in [4.78, 5) is 0. The van der Waals surface area contributed by atoms with Gasteiger partial charge in [-0.05, 0) is 12.8 Å². The summed E-state index contributed by atoms with van der Waals surface area (Å²) in [6, 6.07) is 0. The maximum atomic E-state index is 12.8. The van der Waals surface area contributed by atoms with Crippen LogP contribution in [-0.4, -0.2) is 23.9 Å². The third kappa shape index (κ3) is 1.91. The lowest BCUT2D eigenvalue weighted by molar-refractivity contribution is -0.211. The number of rotatable bonds is 1. The molecule has 2 rings (SSSR count). The van der Waals surface area contributed by atoms with Crippen molar-refractivity contribution in [3.63, 3.8) is 0 Å². The van der Waals surface area contributed by atoms with Crippen LogP contribution in [0.25, 0.3) is 0 Å². The second-order valence-electron chi connectivity index (χ2n) is 4.84. The Kier molecular flexibility index (Phi) is 2.55. The number of alkyl halides is 2. The van der Waals surface area contributed by atoms with Crippen molar-refractivity contribution in [2.75, 3.05) is 6.61 Å². The number of ether oxygens (including phenoxy) is 1. The molecule has 0 N–H and O–H groups in total. The molecule has 0 aromatic rings. The normalized spacial score (nSPS) is 36.4. The molecule has 0 amide bonds. The van der Waals surface area contributed by atoms with E-state index < -0.39 is 5.92 Å². The summed E-state index contributed by atoms with van der Waals surface area (Å²) in [5.74, 6) is -2.43. The van der Waals surface area contributed by atoms with Crippen LogP contribution in [0.2, 0.25) is 0 Å². The van der Waals surface area contributed by atoms with Crippen LogP contribution in [-0.2, 0) is 4.74 Å². The zero-order valence-electron chi connectivity index (χ0n) is 8.30. The van der Waals surface area contributed by atoms with Crippen LogP contribution in [0, 0.1) is 5.41 Å². The summed E-state index contributed by atoms with van der Waals surface area (Å²) in [6.45, 7) is 2.49. The van der Waals surface area contributed by atoms with Gasteiger partial charge in [-0.1, -0.05) is 6.92 Å². The average molecular weight is 222 g/mol. The van der Waals surface area contributed by atoms with E-state index >= 15 is 0 Å². The average Bonchev–Trinajstić information content (AvgIpc) is 2.01. The van der Waals surface area contributed by atoms with Gasteiger partial charge in [0.2, 0.25) is 5.92 Å². The van der Waals surface area contributed by atoms with Crippen molar-refractivity contribution in [3.8, 4) is 0 Å². The maximum Gasteiger partial charge on any atom is 0.249 e. The lowest BCUT2D eigenvalue weighted by Gasteiger charge is -2.51. The van der Waals surface area contributed by atoms with Crippen LogP contribution in [0.1, 0.15) is 32.6 Å². The summed E-state index contributed by atoms with van der Waals surface area (Å²) in [7, 11) is 0. The Bertz CT molecular complexity index is 212. The Morgan fingerprint density at radius 2 is 2.07 bits per heavy atom. The SMILES string of the molecule is CC(S)[C@@H]1CCC2(CO1)CC(F)(F)C2. The molecular weight excluding hydrogens is 206 g/mol. The summed E-state index contributed by atoms with van der Waals surface area (Å²) in [5, 5.41) is 0.202. The molecule has 0 bridgehead atoms. The van der Waals surface area contributed by atoms with E-state index in [0.29, 0.717) is 6.61 Å². The lowest BCUT2D eigenvalue weighted by atomic mass is 9.63. The highest BCUT2D eigenvalue weighted by Gasteiger charge is 2.57. The first-order chi connectivity index (χ1) is 6.43. The van der Waals surface area contributed by atoms with E-state index in [0.717, 1.165) is 12.8 Å². The molecule has 1 nitrogen and oxygen atoms in total. The van der Waals surface area contributed by atoms with E-state index in [9.17, 15) is 8.78 Å².